The fourth-order valence-corrected chi connectivity index (χ4v) is 4.90. The second-order valence-electron chi connectivity index (χ2n) is 6.89. The van der Waals surface area contributed by atoms with Crippen LogP contribution in [0.25, 0.3) is 0 Å². The summed E-state index contributed by atoms with van der Waals surface area (Å²) < 4.78 is 5.51. The number of hydrogen-bond donors (Lipinski definition) is 3. The number of ether oxygens (including phenoxy) is 1. The molecule has 144 valence electrons. The van der Waals surface area contributed by atoms with Gasteiger partial charge < -0.3 is 20.7 Å². The van der Waals surface area contributed by atoms with E-state index in [1.165, 1.54) is 19.3 Å². The van der Waals surface area contributed by atoms with Gasteiger partial charge in [0.2, 0.25) is 5.91 Å². The lowest BCUT2D eigenvalue weighted by Crippen LogP contribution is -2.36. The Morgan fingerprint density at radius 2 is 2.08 bits per heavy atom. The normalized spacial score (nSPS) is 24.7. The van der Waals surface area contributed by atoms with Crippen LogP contribution in [0.15, 0.2) is 0 Å². The van der Waals surface area contributed by atoms with E-state index in [0.717, 1.165) is 38.0 Å². The highest BCUT2D eigenvalue weighted by molar-refractivity contribution is 8.00. The van der Waals surface area contributed by atoms with Crippen LogP contribution in [-0.2, 0) is 9.53 Å². The minimum absolute atomic E-state index is 0.0349. The summed E-state index contributed by atoms with van der Waals surface area (Å²) in [5.74, 6) is 1.11. The third-order valence-corrected chi connectivity index (χ3v) is 6.30. The molecule has 2 aliphatic rings. The van der Waals surface area contributed by atoms with Crippen LogP contribution in [0.2, 0.25) is 0 Å². The van der Waals surface area contributed by atoms with E-state index in [4.69, 9.17) is 4.74 Å². The Bertz CT molecular complexity index is 422. The average Bonchev–Trinajstić information content (AvgIpc) is 3.13. The third-order valence-electron chi connectivity index (χ3n) is 4.79. The molecule has 0 saturated carbocycles. The Morgan fingerprint density at radius 1 is 1.20 bits per heavy atom. The van der Waals surface area contributed by atoms with Crippen LogP contribution in [-0.4, -0.2) is 54.8 Å². The van der Waals surface area contributed by atoms with E-state index in [0.29, 0.717) is 24.8 Å². The first-order chi connectivity index (χ1) is 12.2. The van der Waals surface area contributed by atoms with Crippen LogP contribution in [0.3, 0.4) is 0 Å². The van der Waals surface area contributed by atoms with Crippen LogP contribution in [0.1, 0.15) is 58.3 Å². The zero-order valence-electron chi connectivity index (χ0n) is 15.4. The SMILES string of the molecule is CCCCCCOCCNC(=O)CCCCC1SC[C@@H]2NC(=O)N[C@H]12. The van der Waals surface area contributed by atoms with Crippen LogP contribution in [0, 0.1) is 0 Å². The van der Waals surface area contributed by atoms with Gasteiger partial charge in [0, 0.05) is 30.6 Å². The Kier molecular flexibility index (Phi) is 9.47. The van der Waals surface area contributed by atoms with Crippen molar-refractivity contribution < 1.29 is 14.3 Å². The van der Waals surface area contributed by atoms with Gasteiger partial charge in [-0.1, -0.05) is 32.6 Å². The van der Waals surface area contributed by atoms with E-state index in [1.54, 1.807) is 0 Å². The summed E-state index contributed by atoms with van der Waals surface area (Å²) in [6.45, 7) is 4.20. The lowest BCUT2D eigenvalue weighted by atomic mass is 10.0. The summed E-state index contributed by atoms with van der Waals surface area (Å²) in [5.41, 5.74) is 0. The van der Waals surface area contributed by atoms with Crippen molar-refractivity contribution in [2.24, 2.45) is 0 Å². The lowest BCUT2D eigenvalue weighted by Gasteiger charge is -2.16. The molecular weight excluding hydrogens is 338 g/mol. The number of thioether (sulfide) groups is 1. The fraction of sp³-hybridized carbons (Fsp3) is 0.889. The molecule has 0 aromatic rings. The van der Waals surface area contributed by atoms with E-state index >= 15 is 0 Å². The van der Waals surface area contributed by atoms with Gasteiger partial charge in [0.05, 0.1) is 18.7 Å². The van der Waals surface area contributed by atoms with Crippen LogP contribution in [0.4, 0.5) is 4.79 Å². The van der Waals surface area contributed by atoms with E-state index in [1.807, 2.05) is 11.8 Å². The number of urea groups is 1. The molecule has 2 aliphatic heterocycles. The highest BCUT2D eigenvalue weighted by Crippen LogP contribution is 2.33. The molecule has 2 fully saturated rings. The Morgan fingerprint density at radius 3 is 2.92 bits per heavy atom. The molecule has 0 aliphatic carbocycles. The number of hydrogen-bond acceptors (Lipinski definition) is 4. The van der Waals surface area contributed by atoms with Crippen molar-refractivity contribution in [3.8, 4) is 0 Å². The predicted octanol–water partition coefficient (Wildman–Crippen LogP) is 2.43. The molecule has 25 heavy (non-hydrogen) atoms. The second-order valence-corrected chi connectivity index (χ2v) is 8.16. The topological polar surface area (TPSA) is 79.5 Å². The van der Waals surface area contributed by atoms with Gasteiger partial charge in [-0.25, -0.2) is 4.79 Å². The number of nitrogens with one attached hydrogen (secondary N) is 3. The Hall–Kier alpha value is -0.950. The molecule has 0 aromatic heterocycles. The second kappa shape index (κ2) is 11.6. The largest absolute Gasteiger partial charge is 0.380 e. The third kappa shape index (κ3) is 7.44. The quantitative estimate of drug-likeness (QED) is 0.343. The average molecular weight is 372 g/mol. The number of fused-ring (bicyclic) bond motifs is 1. The van der Waals surface area contributed by atoms with Crippen molar-refractivity contribution >= 4 is 23.7 Å². The molecule has 0 radical (unpaired) electrons. The van der Waals surface area contributed by atoms with Gasteiger partial charge >= 0.3 is 6.03 Å². The van der Waals surface area contributed by atoms with Crippen LogP contribution >= 0.6 is 11.8 Å². The molecule has 0 bridgehead atoms. The maximum Gasteiger partial charge on any atom is 0.315 e. The zero-order valence-corrected chi connectivity index (χ0v) is 16.2. The summed E-state index contributed by atoms with van der Waals surface area (Å²) in [4.78, 5) is 23.1. The molecule has 3 N–H and O–H groups in total. The molecule has 6 nitrogen and oxygen atoms in total. The first-order valence-corrected chi connectivity index (χ1v) is 10.8. The molecular formula is C18H33N3O3S. The van der Waals surface area contributed by atoms with Crippen molar-refractivity contribution in [3.63, 3.8) is 0 Å². The number of carbonyl (C=O) groups excluding carboxylic acids is 2. The molecule has 2 rings (SSSR count). The number of amides is 3. The van der Waals surface area contributed by atoms with Gasteiger partial charge in [0.1, 0.15) is 0 Å². The number of carbonyl (C=O) groups is 2. The van der Waals surface area contributed by atoms with Crippen molar-refractivity contribution in [3.05, 3.63) is 0 Å². The summed E-state index contributed by atoms with van der Waals surface area (Å²) in [7, 11) is 0. The molecule has 2 heterocycles. The molecule has 3 amide bonds. The van der Waals surface area contributed by atoms with Crippen molar-refractivity contribution in [2.45, 2.75) is 75.6 Å². The lowest BCUT2D eigenvalue weighted by molar-refractivity contribution is -0.121. The highest BCUT2D eigenvalue weighted by atomic mass is 32.2. The summed E-state index contributed by atoms with van der Waals surface area (Å²) in [6.07, 6.45) is 8.40. The number of unbranched alkanes of at least 4 members (excludes halogenated alkanes) is 4. The van der Waals surface area contributed by atoms with Crippen LogP contribution in [0.5, 0.6) is 0 Å². The minimum Gasteiger partial charge on any atom is -0.380 e. The standard InChI is InChI=1S/C18H33N3O3S/c1-2-3-4-7-11-24-12-10-19-16(22)9-6-5-8-15-17-14(13-25-15)20-18(23)21-17/h14-15,17H,2-13H2,1H3,(H,19,22)(H2,20,21,23)/t14-,15?,17-/m0/s1. The van der Waals surface area contributed by atoms with Crippen LogP contribution < -0.4 is 16.0 Å². The van der Waals surface area contributed by atoms with Crippen molar-refractivity contribution in [1.82, 2.24) is 16.0 Å². The van der Waals surface area contributed by atoms with E-state index < -0.39 is 0 Å². The maximum absolute atomic E-state index is 11.8. The first-order valence-electron chi connectivity index (χ1n) is 9.73. The van der Waals surface area contributed by atoms with E-state index in [-0.39, 0.29) is 24.0 Å². The first kappa shape index (κ1) is 20.4. The summed E-state index contributed by atoms with van der Waals surface area (Å²) in [6, 6.07) is 0.515. The molecule has 0 aromatic carbocycles. The Balaban J connectivity index is 1.41. The summed E-state index contributed by atoms with van der Waals surface area (Å²) in [5, 5.41) is 9.36. The van der Waals surface area contributed by atoms with Gasteiger partial charge in [0.25, 0.3) is 0 Å². The monoisotopic (exact) mass is 371 g/mol. The van der Waals surface area contributed by atoms with E-state index in [2.05, 4.69) is 22.9 Å². The Labute approximate surface area is 155 Å². The zero-order chi connectivity index (χ0) is 17.9. The maximum atomic E-state index is 11.8. The molecule has 0 spiro atoms. The molecule has 7 heteroatoms. The number of rotatable bonds is 13. The van der Waals surface area contributed by atoms with Gasteiger partial charge in [-0.3, -0.25) is 4.79 Å². The predicted molar refractivity (Wildman–Crippen MR) is 102 cm³/mol. The van der Waals surface area contributed by atoms with Gasteiger partial charge in [-0.05, 0) is 19.3 Å². The van der Waals surface area contributed by atoms with Crippen molar-refractivity contribution in [2.75, 3.05) is 25.5 Å². The fourth-order valence-electron chi connectivity index (χ4n) is 3.36. The smallest absolute Gasteiger partial charge is 0.315 e. The van der Waals surface area contributed by atoms with E-state index in [9.17, 15) is 9.59 Å². The highest BCUT2D eigenvalue weighted by Gasteiger charge is 2.42. The van der Waals surface area contributed by atoms with Gasteiger partial charge in [-0.2, -0.15) is 11.8 Å². The van der Waals surface area contributed by atoms with Crippen molar-refractivity contribution in [1.29, 1.82) is 0 Å². The minimum atomic E-state index is -0.0349. The molecule has 1 unspecified atom stereocenters. The van der Waals surface area contributed by atoms with Gasteiger partial charge in [-0.15, -0.1) is 0 Å². The van der Waals surface area contributed by atoms with Gasteiger partial charge in [0.15, 0.2) is 0 Å². The molecule has 2 saturated heterocycles. The summed E-state index contributed by atoms with van der Waals surface area (Å²) >= 11 is 1.93. The molecule has 3 atom stereocenters.